The summed E-state index contributed by atoms with van der Waals surface area (Å²) >= 11 is 1.27. The summed E-state index contributed by atoms with van der Waals surface area (Å²) in [7, 11) is -2.17. The standard InChI is InChI=1S/C3H5.Ce.2HO2P/c1-3-2;;2*1-3-2/h3H,1-2H2;;2*(H,1,2)/q;+2;;/p-2. The summed E-state index contributed by atoms with van der Waals surface area (Å²) < 4.78 is 17.9. The molecule has 0 saturated carbocycles. The van der Waals surface area contributed by atoms with Crippen LogP contribution in [0.3, 0.4) is 0 Å². The van der Waals surface area contributed by atoms with Gasteiger partial charge in [0.15, 0.2) is 0 Å². The largest absolute Gasteiger partial charge is 0.772 e. The van der Waals surface area contributed by atoms with Crippen LogP contribution in [-0.4, -0.2) is 0 Å². The Kier molecular flexibility index (Phi) is 55.3. The first-order valence-electron chi connectivity index (χ1n) is 1.90. The van der Waals surface area contributed by atoms with E-state index in [0.29, 0.717) is 0 Å². The van der Waals surface area contributed by atoms with Gasteiger partial charge in [-0.25, -0.2) is 0 Å². The molecule has 0 N–H and O–H groups in total. The quantitative estimate of drug-likeness (QED) is 0.513. The zero-order valence-electron chi connectivity index (χ0n) is 5.02. The predicted octanol–water partition coefficient (Wildman–Crippen LogP) is 0.247. The van der Waals surface area contributed by atoms with Crippen LogP contribution < -0.4 is 9.79 Å². The molecule has 0 heterocycles. The van der Waals surface area contributed by atoms with Gasteiger partial charge >= 0.3 is 54.2 Å². The van der Waals surface area contributed by atoms with Gasteiger partial charge in [0.25, 0.3) is 0 Å². The van der Waals surface area contributed by atoms with Crippen molar-refractivity contribution >= 4 is 17.4 Å². The number of hydrogen-bond donors (Lipinski definition) is 0. The van der Waals surface area contributed by atoms with E-state index >= 15 is 0 Å². The van der Waals surface area contributed by atoms with Gasteiger partial charge in [-0.1, -0.05) is 0 Å². The van der Waals surface area contributed by atoms with Crippen molar-refractivity contribution in [2.75, 3.05) is 0 Å². The normalized spacial score (nSPS) is 6.80. The number of hydrogen-bond acceptors (Lipinski definition) is 4. The van der Waals surface area contributed by atoms with Crippen LogP contribution in [0.1, 0.15) is 0 Å². The van der Waals surface area contributed by atoms with E-state index < -0.39 is 17.4 Å². The van der Waals surface area contributed by atoms with E-state index in [1.807, 2.05) is 6.08 Å². The molecule has 0 fully saturated rings. The van der Waals surface area contributed by atoms with Crippen molar-refractivity contribution in [3.05, 3.63) is 12.7 Å². The molecular weight excluding hydrogens is 302 g/mol. The Bertz CT molecular complexity index is 72.9. The van der Waals surface area contributed by atoms with E-state index in [4.69, 9.17) is 18.9 Å². The summed E-state index contributed by atoms with van der Waals surface area (Å²) in [6, 6.07) is 0. The average Bonchev–Trinajstić information content (AvgIpc) is 1.91. The van der Waals surface area contributed by atoms with Crippen molar-refractivity contribution < 1.29 is 58.6 Å². The predicted molar refractivity (Wildman–Crippen MR) is 30.2 cm³/mol. The second-order valence-electron chi connectivity index (χ2n) is 0.642. The zero-order valence-corrected chi connectivity index (χ0v) is 9.95. The smallest absolute Gasteiger partial charge is 0.0642 e. The molecule has 4 nitrogen and oxygen atoms in total. The van der Waals surface area contributed by atoms with Crippen LogP contribution in [0.2, 0.25) is 1.94 Å². The third-order valence-electron chi connectivity index (χ3n) is 0.144. The second kappa shape index (κ2) is 31.8. The van der Waals surface area contributed by atoms with E-state index in [0.717, 1.165) is 0 Å². The number of rotatable bonds is 1. The Balaban J connectivity index is -0.0000000750. The van der Waals surface area contributed by atoms with Crippen molar-refractivity contribution in [3.8, 4) is 0 Å². The summed E-state index contributed by atoms with van der Waals surface area (Å²) in [5.74, 6) is 0. The summed E-state index contributed by atoms with van der Waals surface area (Å²) in [6.45, 7) is 3.51. The molecule has 0 aliphatic carbocycles. The Morgan fingerprint density at radius 2 is 1.50 bits per heavy atom. The minimum absolute atomic E-state index is 1.08. The Morgan fingerprint density at radius 3 is 1.50 bits per heavy atom. The average molecular weight is 307 g/mol. The van der Waals surface area contributed by atoms with Gasteiger partial charge in [-0.05, 0) is 0 Å². The molecule has 10 heavy (non-hydrogen) atoms. The van der Waals surface area contributed by atoms with Crippen LogP contribution in [0.25, 0.3) is 0 Å². The van der Waals surface area contributed by atoms with Gasteiger partial charge in [-0.2, -0.15) is 0 Å². The van der Waals surface area contributed by atoms with Gasteiger partial charge in [0.2, 0.25) is 0 Å². The molecular formula is C3H5CeO4P2. The molecule has 0 spiro atoms. The zero-order chi connectivity index (χ0) is 8.83. The first-order valence-corrected chi connectivity index (χ1v) is 5.58. The summed E-state index contributed by atoms with van der Waals surface area (Å²) in [4.78, 5) is 16.7. The molecule has 0 bridgehead atoms. The molecule has 0 aromatic heterocycles. The molecule has 0 rings (SSSR count). The van der Waals surface area contributed by atoms with E-state index in [9.17, 15) is 0 Å². The van der Waals surface area contributed by atoms with Gasteiger partial charge < -0.3 is 9.79 Å². The van der Waals surface area contributed by atoms with Crippen LogP contribution >= 0.6 is 17.4 Å². The summed E-state index contributed by atoms with van der Waals surface area (Å²) in [5.41, 5.74) is 0. The first kappa shape index (κ1) is 17.4. The van der Waals surface area contributed by atoms with Crippen LogP contribution in [0.5, 0.6) is 0 Å². The maximum absolute atomic E-state index is 8.35. The van der Waals surface area contributed by atoms with Gasteiger partial charge in [0.05, 0.1) is 17.4 Å². The third kappa shape index (κ3) is 125. The molecule has 55 valence electrons. The Hall–Kier alpha value is 1.24. The molecule has 0 amide bonds. The van der Waals surface area contributed by atoms with E-state index in [1.165, 1.54) is 41.6 Å². The fraction of sp³-hybridized carbons (Fsp3) is 0.333. The maximum atomic E-state index is 8.35. The molecule has 0 radical (unpaired) electrons. The minimum Gasteiger partial charge on any atom is -0.772 e. The van der Waals surface area contributed by atoms with Crippen LogP contribution in [0.4, 0.5) is 0 Å². The molecule has 0 aromatic carbocycles. The van der Waals surface area contributed by atoms with Crippen molar-refractivity contribution in [2.45, 2.75) is 1.94 Å². The van der Waals surface area contributed by atoms with Gasteiger partial charge in [-0.3, -0.25) is 9.13 Å². The van der Waals surface area contributed by atoms with Gasteiger partial charge in [-0.15, -0.1) is 0 Å². The summed E-state index contributed by atoms with van der Waals surface area (Å²) in [5, 5.41) is 0. The van der Waals surface area contributed by atoms with Crippen molar-refractivity contribution in [1.82, 2.24) is 0 Å². The van der Waals surface area contributed by atoms with Crippen LogP contribution in [0.15, 0.2) is 12.7 Å². The molecule has 0 saturated heterocycles. The Morgan fingerprint density at radius 1 is 1.40 bits per heavy atom. The Labute approximate surface area is 89.6 Å². The molecule has 0 atom stereocenters. The fourth-order valence-corrected chi connectivity index (χ4v) is 0. The SMILES string of the molecule is C=C[CH2][Ce+2].O=P[O-].O=P[O-]. The molecule has 0 aromatic rings. The van der Waals surface area contributed by atoms with Crippen LogP contribution in [0, 0.1) is 39.6 Å². The molecule has 0 unspecified atom stereocenters. The minimum atomic E-state index is -1.08. The molecule has 7 heteroatoms. The summed E-state index contributed by atoms with van der Waals surface area (Å²) in [6.07, 6.45) is 1.94. The molecule has 0 aliphatic rings. The first-order chi connectivity index (χ1) is 4.74. The van der Waals surface area contributed by atoms with Crippen molar-refractivity contribution in [2.24, 2.45) is 0 Å². The monoisotopic (exact) mass is 307 g/mol. The number of allylic oxidation sites excluding steroid dienone is 1. The second-order valence-corrected chi connectivity index (χ2v) is 2.22. The maximum Gasteiger partial charge on any atom is 0.0642 e. The van der Waals surface area contributed by atoms with Crippen molar-refractivity contribution in [1.29, 1.82) is 0 Å². The van der Waals surface area contributed by atoms with E-state index in [1.54, 1.807) is 0 Å². The van der Waals surface area contributed by atoms with Crippen molar-refractivity contribution in [3.63, 3.8) is 0 Å². The van der Waals surface area contributed by atoms with Gasteiger partial charge in [0, 0.05) is 0 Å². The fourth-order valence-electron chi connectivity index (χ4n) is 0. The third-order valence-corrected chi connectivity index (χ3v) is 1.05. The topological polar surface area (TPSA) is 80.3 Å². The van der Waals surface area contributed by atoms with Crippen LogP contribution in [-0.2, 0) is 9.13 Å². The van der Waals surface area contributed by atoms with Gasteiger partial charge in [0.1, 0.15) is 0 Å². The molecule has 0 aliphatic heterocycles. The van der Waals surface area contributed by atoms with E-state index in [2.05, 4.69) is 6.58 Å². The van der Waals surface area contributed by atoms with E-state index in [-0.39, 0.29) is 0 Å².